The number of amides is 2. The van der Waals surface area contributed by atoms with E-state index in [1.54, 1.807) is 36.4 Å². The van der Waals surface area contributed by atoms with E-state index in [2.05, 4.69) is 10.9 Å². The average molecular weight is 321 g/mol. The SMILES string of the molecule is O=C(COc1ccc(Cl)cc1)NNC(=O)c1ccccc1O. The predicted octanol–water partition coefficient (Wildman–Crippen LogP) is 1.89. The summed E-state index contributed by atoms with van der Waals surface area (Å²) in [6.45, 7) is -0.275. The Hall–Kier alpha value is -2.73. The first-order valence-corrected chi connectivity index (χ1v) is 6.69. The summed E-state index contributed by atoms with van der Waals surface area (Å²) in [5.74, 6) is -0.866. The van der Waals surface area contributed by atoms with Crippen molar-refractivity contribution in [2.75, 3.05) is 6.61 Å². The number of phenols is 1. The van der Waals surface area contributed by atoms with Gasteiger partial charge in [0.05, 0.1) is 5.56 Å². The van der Waals surface area contributed by atoms with Gasteiger partial charge in [0.25, 0.3) is 11.8 Å². The number of rotatable bonds is 4. The molecule has 0 aromatic heterocycles. The first-order chi connectivity index (χ1) is 10.6. The van der Waals surface area contributed by atoms with Crippen molar-refractivity contribution in [3.8, 4) is 11.5 Å². The number of benzene rings is 2. The number of ether oxygens (including phenoxy) is 1. The van der Waals surface area contributed by atoms with Gasteiger partial charge in [-0.25, -0.2) is 0 Å². The Kier molecular flexibility index (Phi) is 5.21. The van der Waals surface area contributed by atoms with Crippen LogP contribution in [-0.2, 0) is 4.79 Å². The van der Waals surface area contributed by atoms with E-state index in [4.69, 9.17) is 16.3 Å². The lowest BCUT2D eigenvalue weighted by molar-refractivity contribution is -0.123. The van der Waals surface area contributed by atoms with Crippen LogP contribution in [0.4, 0.5) is 0 Å². The topological polar surface area (TPSA) is 87.7 Å². The molecule has 0 unspecified atom stereocenters. The third kappa shape index (κ3) is 4.39. The van der Waals surface area contributed by atoms with Crippen molar-refractivity contribution in [1.29, 1.82) is 0 Å². The fourth-order valence-corrected chi connectivity index (χ4v) is 1.70. The first kappa shape index (κ1) is 15.7. The summed E-state index contributed by atoms with van der Waals surface area (Å²) in [4.78, 5) is 23.3. The number of carbonyl (C=O) groups is 2. The Bertz CT molecular complexity index is 673. The maximum absolute atomic E-state index is 11.7. The zero-order valence-electron chi connectivity index (χ0n) is 11.4. The van der Waals surface area contributed by atoms with Crippen molar-refractivity contribution in [3.05, 3.63) is 59.1 Å². The highest BCUT2D eigenvalue weighted by molar-refractivity contribution is 6.30. The molecule has 0 aliphatic heterocycles. The van der Waals surface area contributed by atoms with Gasteiger partial charge in [-0.05, 0) is 36.4 Å². The molecule has 0 saturated carbocycles. The van der Waals surface area contributed by atoms with Crippen LogP contribution in [0.25, 0.3) is 0 Å². The Morgan fingerprint density at radius 1 is 1.05 bits per heavy atom. The average Bonchev–Trinajstić information content (AvgIpc) is 2.52. The van der Waals surface area contributed by atoms with Crippen molar-refractivity contribution in [2.24, 2.45) is 0 Å². The van der Waals surface area contributed by atoms with Gasteiger partial charge >= 0.3 is 0 Å². The molecular weight excluding hydrogens is 308 g/mol. The van der Waals surface area contributed by atoms with Crippen LogP contribution in [0.2, 0.25) is 5.02 Å². The van der Waals surface area contributed by atoms with Gasteiger partial charge in [0.15, 0.2) is 6.61 Å². The normalized spacial score (nSPS) is 9.86. The second kappa shape index (κ2) is 7.33. The van der Waals surface area contributed by atoms with Gasteiger partial charge in [0.1, 0.15) is 11.5 Å². The summed E-state index contributed by atoms with van der Waals surface area (Å²) in [6, 6.07) is 12.5. The van der Waals surface area contributed by atoms with Gasteiger partial charge in [0, 0.05) is 5.02 Å². The van der Waals surface area contributed by atoms with Gasteiger partial charge in [-0.2, -0.15) is 0 Å². The molecule has 2 aromatic rings. The maximum Gasteiger partial charge on any atom is 0.276 e. The van der Waals surface area contributed by atoms with Gasteiger partial charge in [-0.1, -0.05) is 23.7 Å². The molecule has 2 amide bonds. The maximum atomic E-state index is 11.7. The molecule has 0 aliphatic carbocycles. The highest BCUT2D eigenvalue weighted by Gasteiger charge is 2.11. The van der Waals surface area contributed by atoms with E-state index < -0.39 is 11.8 Å². The highest BCUT2D eigenvalue weighted by Crippen LogP contribution is 2.15. The number of hydrogen-bond acceptors (Lipinski definition) is 4. The molecule has 114 valence electrons. The molecule has 0 spiro atoms. The van der Waals surface area contributed by atoms with E-state index in [0.717, 1.165) is 0 Å². The quantitative estimate of drug-likeness (QED) is 0.751. The molecule has 0 saturated heterocycles. The Morgan fingerprint density at radius 3 is 2.41 bits per heavy atom. The first-order valence-electron chi connectivity index (χ1n) is 6.32. The van der Waals surface area contributed by atoms with Crippen molar-refractivity contribution in [2.45, 2.75) is 0 Å². The number of aromatic hydroxyl groups is 1. The van der Waals surface area contributed by atoms with Crippen molar-refractivity contribution >= 4 is 23.4 Å². The summed E-state index contributed by atoms with van der Waals surface area (Å²) in [6.07, 6.45) is 0. The van der Waals surface area contributed by atoms with Crippen LogP contribution in [0, 0.1) is 0 Å². The summed E-state index contributed by atoms with van der Waals surface area (Å²) < 4.78 is 5.21. The lowest BCUT2D eigenvalue weighted by Gasteiger charge is -2.09. The number of nitrogens with one attached hydrogen (secondary N) is 2. The number of hydrogen-bond donors (Lipinski definition) is 3. The van der Waals surface area contributed by atoms with Crippen LogP contribution >= 0.6 is 11.6 Å². The van der Waals surface area contributed by atoms with Crippen molar-refractivity contribution in [1.82, 2.24) is 10.9 Å². The fourth-order valence-electron chi connectivity index (χ4n) is 1.58. The number of carbonyl (C=O) groups excluding carboxylic acids is 2. The molecule has 2 aromatic carbocycles. The van der Waals surface area contributed by atoms with E-state index >= 15 is 0 Å². The number of phenolic OH excluding ortho intramolecular Hbond substituents is 1. The summed E-state index contributed by atoms with van der Waals surface area (Å²) >= 11 is 5.73. The summed E-state index contributed by atoms with van der Waals surface area (Å²) in [5, 5.41) is 10.1. The minimum atomic E-state index is -0.627. The summed E-state index contributed by atoms with van der Waals surface area (Å²) in [5.41, 5.74) is 4.43. The van der Waals surface area contributed by atoms with Crippen molar-refractivity contribution < 1.29 is 19.4 Å². The molecule has 0 radical (unpaired) electrons. The van der Waals surface area contributed by atoms with Crippen LogP contribution < -0.4 is 15.6 Å². The van der Waals surface area contributed by atoms with E-state index in [-0.39, 0.29) is 17.9 Å². The van der Waals surface area contributed by atoms with Crippen molar-refractivity contribution in [3.63, 3.8) is 0 Å². The zero-order valence-corrected chi connectivity index (χ0v) is 12.1. The van der Waals surface area contributed by atoms with E-state index in [1.165, 1.54) is 12.1 Å². The number of hydrazine groups is 1. The Labute approximate surface area is 131 Å². The second-order valence-electron chi connectivity index (χ2n) is 4.26. The molecule has 0 aliphatic rings. The number of halogens is 1. The van der Waals surface area contributed by atoms with Crippen LogP contribution in [0.15, 0.2) is 48.5 Å². The van der Waals surface area contributed by atoms with E-state index in [0.29, 0.717) is 10.8 Å². The van der Waals surface area contributed by atoms with Gasteiger partial charge in [0.2, 0.25) is 0 Å². The fraction of sp³-hybridized carbons (Fsp3) is 0.0667. The van der Waals surface area contributed by atoms with E-state index in [9.17, 15) is 14.7 Å². The lowest BCUT2D eigenvalue weighted by Crippen LogP contribution is -2.43. The third-order valence-electron chi connectivity index (χ3n) is 2.65. The molecule has 7 heteroatoms. The minimum absolute atomic E-state index is 0.0569. The number of para-hydroxylation sites is 1. The second-order valence-corrected chi connectivity index (χ2v) is 4.70. The molecule has 0 atom stereocenters. The molecular formula is C15H13ClN2O4. The summed E-state index contributed by atoms with van der Waals surface area (Å²) in [7, 11) is 0. The molecule has 2 rings (SSSR count). The standard InChI is InChI=1S/C15H13ClN2O4/c16-10-5-7-11(8-6-10)22-9-14(20)17-18-15(21)12-3-1-2-4-13(12)19/h1-8,19H,9H2,(H,17,20)(H,18,21). The lowest BCUT2D eigenvalue weighted by atomic mass is 10.2. The molecule has 0 fully saturated rings. The molecule has 22 heavy (non-hydrogen) atoms. The Balaban J connectivity index is 1.79. The van der Waals surface area contributed by atoms with Gasteiger partial charge < -0.3 is 9.84 Å². The zero-order chi connectivity index (χ0) is 15.9. The van der Waals surface area contributed by atoms with Crippen LogP contribution in [0.1, 0.15) is 10.4 Å². The molecule has 0 heterocycles. The largest absolute Gasteiger partial charge is 0.507 e. The van der Waals surface area contributed by atoms with Crippen LogP contribution in [0.3, 0.4) is 0 Å². The molecule has 6 nitrogen and oxygen atoms in total. The van der Waals surface area contributed by atoms with E-state index in [1.807, 2.05) is 0 Å². The molecule has 0 bridgehead atoms. The van der Waals surface area contributed by atoms with Gasteiger partial charge in [-0.15, -0.1) is 0 Å². The highest BCUT2D eigenvalue weighted by atomic mass is 35.5. The minimum Gasteiger partial charge on any atom is -0.507 e. The monoisotopic (exact) mass is 320 g/mol. The predicted molar refractivity (Wildman–Crippen MR) is 80.7 cm³/mol. The van der Waals surface area contributed by atoms with Gasteiger partial charge in [-0.3, -0.25) is 20.4 Å². The van der Waals surface area contributed by atoms with Crippen LogP contribution in [-0.4, -0.2) is 23.5 Å². The smallest absolute Gasteiger partial charge is 0.276 e. The third-order valence-corrected chi connectivity index (χ3v) is 2.90. The Morgan fingerprint density at radius 2 is 1.73 bits per heavy atom. The van der Waals surface area contributed by atoms with Crippen LogP contribution in [0.5, 0.6) is 11.5 Å². The molecule has 3 N–H and O–H groups in total.